The molecule has 4 rings (SSSR count). The van der Waals surface area contributed by atoms with Crippen LogP contribution in [-0.2, 0) is 33.0 Å². The summed E-state index contributed by atoms with van der Waals surface area (Å²) in [5.41, 5.74) is 3.48. The van der Waals surface area contributed by atoms with Crippen LogP contribution in [0.1, 0.15) is 29.8 Å². The predicted octanol–water partition coefficient (Wildman–Crippen LogP) is 0.988. The number of hydrogen-bond acceptors (Lipinski definition) is 4. The molecule has 0 aromatic carbocycles. The maximum atomic E-state index is 12.2. The molecule has 0 N–H and O–H groups in total. The molecule has 6 nitrogen and oxygen atoms in total. The van der Waals surface area contributed by atoms with E-state index in [4.69, 9.17) is 0 Å². The number of nitrogens with zero attached hydrogens (tertiary/aromatic N) is 5. The van der Waals surface area contributed by atoms with Gasteiger partial charge in [0.2, 0.25) is 0 Å². The summed E-state index contributed by atoms with van der Waals surface area (Å²) in [6, 6.07) is 1.81. The average molecular weight is 313 g/mol. The average Bonchev–Trinajstić information content (AvgIpc) is 2.91. The van der Waals surface area contributed by atoms with Crippen LogP contribution in [0.5, 0.6) is 0 Å². The van der Waals surface area contributed by atoms with Gasteiger partial charge in [0, 0.05) is 44.9 Å². The molecule has 0 bridgehead atoms. The first kappa shape index (κ1) is 14.6. The van der Waals surface area contributed by atoms with Gasteiger partial charge in [-0.2, -0.15) is 5.10 Å². The van der Waals surface area contributed by atoms with Crippen molar-refractivity contribution in [3.05, 3.63) is 45.9 Å². The van der Waals surface area contributed by atoms with Gasteiger partial charge in [0.05, 0.1) is 24.3 Å². The Bertz CT molecular complexity index is 757. The highest BCUT2D eigenvalue weighted by molar-refractivity contribution is 5.20. The first-order valence-electron chi connectivity index (χ1n) is 8.46. The summed E-state index contributed by atoms with van der Waals surface area (Å²) in [5.74, 6) is 0.519. The number of likely N-dealkylation sites (tertiary alicyclic amines) is 1. The van der Waals surface area contributed by atoms with E-state index < -0.39 is 0 Å². The van der Waals surface area contributed by atoms with Gasteiger partial charge in [0.15, 0.2) is 0 Å². The number of hydrogen-bond donors (Lipinski definition) is 0. The van der Waals surface area contributed by atoms with Crippen LogP contribution in [0.4, 0.5) is 0 Å². The van der Waals surface area contributed by atoms with Crippen LogP contribution < -0.4 is 5.56 Å². The van der Waals surface area contributed by atoms with Crippen molar-refractivity contribution in [2.45, 2.75) is 38.8 Å². The van der Waals surface area contributed by atoms with Gasteiger partial charge in [-0.1, -0.05) is 0 Å². The third-order valence-corrected chi connectivity index (χ3v) is 4.88. The highest BCUT2D eigenvalue weighted by Crippen LogP contribution is 2.20. The molecule has 6 heteroatoms. The second-order valence-electron chi connectivity index (χ2n) is 6.93. The van der Waals surface area contributed by atoms with Gasteiger partial charge < -0.3 is 4.57 Å². The molecule has 3 heterocycles. The Balaban J connectivity index is 1.36. The number of fused-ring (bicyclic) bond motifs is 1. The Kier molecular flexibility index (Phi) is 3.77. The van der Waals surface area contributed by atoms with E-state index in [0.717, 1.165) is 50.4 Å². The van der Waals surface area contributed by atoms with Gasteiger partial charge in [-0.3, -0.25) is 9.69 Å². The van der Waals surface area contributed by atoms with Gasteiger partial charge in [-0.05, 0) is 31.2 Å². The fourth-order valence-corrected chi connectivity index (χ4v) is 3.68. The monoisotopic (exact) mass is 313 g/mol. The summed E-state index contributed by atoms with van der Waals surface area (Å²) in [4.78, 5) is 19.0. The van der Waals surface area contributed by atoms with Crippen molar-refractivity contribution in [3.8, 4) is 0 Å². The summed E-state index contributed by atoms with van der Waals surface area (Å²) in [6.07, 6.45) is 8.31. The highest BCUT2D eigenvalue weighted by atomic mass is 16.1. The lowest BCUT2D eigenvalue weighted by atomic mass is 9.96. The summed E-state index contributed by atoms with van der Waals surface area (Å²) < 4.78 is 3.66. The molecule has 2 aliphatic rings. The number of aryl methyl sites for hydroxylation is 3. The van der Waals surface area contributed by atoms with Crippen LogP contribution in [0.15, 0.2) is 23.4 Å². The molecular formula is C17H23N5O. The minimum Gasteiger partial charge on any atom is -0.340 e. The molecular weight excluding hydrogens is 290 g/mol. The Morgan fingerprint density at radius 1 is 1.26 bits per heavy atom. The van der Waals surface area contributed by atoms with E-state index in [0.29, 0.717) is 5.92 Å². The van der Waals surface area contributed by atoms with E-state index >= 15 is 0 Å². The van der Waals surface area contributed by atoms with Crippen LogP contribution in [0.2, 0.25) is 0 Å². The van der Waals surface area contributed by atoms with Crippen LogP contribution >= 0.6 is 0 Å². The van der Waals surface area contributed by atoms with Gasteiger partial charge in [0.25, 0.3) is 5.56 Å². The Morgan fingerprint density at radius 2 is 2.09 bits per heavy atom. The molecule has 1 aliphatic carbocycles. The zero-order chi connectivity index (χ0) is 15.8. The Hall–Kier alpha value is -1.95. The second-order valence-corrected chi connectivity index (χ2v) is 6.93. The molecule has 1 aliphatic heterocycles. The van der Waals surface area contributed by atoms with E-state index in [1.165, 1.54) is 18.4 Å². The number of rotatable bonds is 4. The standard InChI is InChI=1S/C17H23N5O/c1-20-10-15(18-12-20)11-21-7-13(8-21)9-22-17(23)6-14-4-2-3-5-16(14)19-22/h6,10,12-13H,2-5,7-9,11H2,1H3. The van der Waals surface area contributed by atoms with E-state index in [9.17, 15) is 4.79 Å². The van der Waals surface area contributed by atoms with Crippen molar-refractivity contribution in [3.63, 3.8) is 0 Å². The van der Waals surface area contributed by atoms with Crippen molar-refractivity contribution < 1.29 is 0 Å². The summed E-state index contributed by atoms with van der Waals surface area (Å²) in [5, 5.41) is 4.62. The fourth-order valence-electron chi connectivity index (χ4n) is 3.68. The number of aromatic nitrogens is 4. The van der Waals surface area contributed by atoms with E-state index in [1.807, 2.05) is 24.0 Å². The van der Waals surface area contributed by atoms with Crippen molar-refractivity contribution >= 4 is 0 Å². The topological polar surface area (TPSA) is 56.0 Å². The molecule has 23 heavy (non-hydrogen) atoms. The lowest BCUT2D eigenvalue weighted by Crippen LogP contribution is -2.49. The molecule has 1 fully saturated rings. The maximum absolute atomic E-state index is 12.2. The van der Waals surface area contributed by atoms with Gasteiger partial charge in [0.1, 0.15) is 0 Å². The van der Waals surface area contributed by atoms with Crippen LogP contribution in [0, 0.1) is 5.92 Å². The SMILES string of the molecule is Cn1cnc(CN2CC(Cn3nc4c(cc3=O)CCCC4)C2)c1. The highest BCUT2D eigenvalue weighted by Gasteiger charge is 2.28. The molecule has 0 amide bonds. The zero-order valence-corrected chi connectivity index (χ0v) is 13.6. The van der Waals surface area contributed by atoms with Crippen LogP contribution in [-0.4, -0.2) is 37.3 Å². The van der Waals surface area contributed by atoms with Gasteiger partial charge in [-0.15, -0.1) is 0 Å². The van der Waals surface area contributed by atoms with E-state index in [-0.39, 0.29) is 5.56 Å². The second kappa shape index (κ2) is 5.92. The molecule has 1 saturated heterocycles. The van der Waals surface area contributed by atoms with Gasteiger partial charge in [-0.25, -0.2) is 9.67 Å². The molecule has 0 radical (unpaired) electrons. The van der Waals surface area contributed by atoms with Gasteiger partial charge >= 0.3 is 0 Å². The third-order valence-electron chi connectivity index (χ3n) is 4.88. The normalized spacial score (nSPS) is 18.7. The first-order valence-corrected chi connectivity index (χ1v) is 8.46. The fraction of sp³-hybridized carbons (Fsp3) is 0.588. The number of imidazole rings is 1. The predicted molar refractivity (Wildman–Crippen MR) is 87.1 cm³/mol. The summed E-state index contributed by atoms with van der Waals surface area (Å²) in [6.45, 7) is 3.66. The Labute approximate surface area is 135 Å². The quantitative estimate of drug-likeness (QED) is 0.844. The zero-order valence-electron chi connectivity index (χ0n) is 13.6. The molecule has 122 valence electrons. The van der Waals surface area contributed by atoms with Crippen molar-refractivity contribution in [1.29, 1.82) is 0 Å². The molecule has 2 aromatic heterocycles. The summed E-state index contributed by atoms with van der Waals surface area (Å²) in [7, 11) is 1.99. The lowest BCUT2D eigenvalue weighted by Gasteiger charge is -2.38. The third kappa shape index (κ3) is 3.08. The maximum Gasteiger partial charge on any atom is 0.267 e. The molecule has 0 saturated carbocycles. The first-order chi connectivity index (χ1) is 11.2. The molecule has 0 spiro atoms. The lowest BCUT2D eigenvalue weighted by molar-refractivity contribution is 0.0753. The smallest absolute Gasteiger partial charge is 0.267 e. The minimum atomic E-state index is 0.0637. The minimum absolute atomic E-state index is 0.0637. The molecule has 0 unspecified atom stereocenters. The van der Waals surface area contributed by atoms with Crippen molar-refractivity contribution in [2.75, 3.05) is 13.1 Å². The largest absolute Gasteiger partial charge is 0.340 e. The van der Waals surface area contributed by atoms with E-state index in [2.05, 4.69) is 21.2 Å². The molecule has 0 atom stereocenters. The molecule has 2 aromatic rings. The van der Waals surface area contributed by atoms with E-state index in [1.54, 1.807) is 4.68 Å². The van der Waals surface area contributed by atoms with Crippen LogP contribution in [0.3, 0.4) is 0 Å². The van der Waals surface area contributed by atoms with Crippen molar-refractivity contribution in [1.82, 2.24) is 24.2 Å². The summed E-state index contributed by atoms with van der Waals surface area (Å²) >= 11 is 0. The Morgan fingerprint density at radius 3 is 2.87 bits per heavy atom. The van der Waals surface area contributed by atoms with Crippen molar-refractivity contribution in [2.24, 2.45) is 13.0 Å². The van der Waals surface area contributed by atoms with Crippen LogP contribution in [0.25, 0.3) is 0 Å².